The molecule has 0 heteroatoms. The Balaban J connectivity index is 0.000000247. The molecule has 0 unspecified atom stereocenters. The normalized spacial score (nSPS) is 33.8. The molecule has 3 rings (SSSR count). The summed E-state index contributed by atoms with van der Waals surface area (Å²) >= 11 is 0. The third-order valence-electron chi connectivity index (χ3n) is 9.73. The van der Waals surface area contributed by atoms with Crippen molar-refractivity contribution in [3.8, 4) is 0 Å². The Labute approximate surface area is 211 Å². The second-order valence-corrected chi connectivity index (χ2v) is 13.9. The van der Waals surface area contributed by atoms with E-state index in [1.807, 2.05) is 0 Å². The first-order chi connectivity index (χ1) is 15.6. The van der Waals surface area contributed by atoms with Crippen molar-refractivity contribution in [1.82, 2.24) is 0 Å². The highest BCUT2D eigenvalue weighted by Gasteiger charge is 2.20. The molecule has 0 bridgehead atoms. The van der Waals surface area contributed by atoms with Crippen LogP contribution >= 0.6 is 0 Å². The van der Waals surface area contributed by atoms with Gasteiger partial charge in [-0.25, -0.2) is 0 Å². The van der Waals surface area contributed by atoms with Crippen LogP contribution in [0.25, 0.3) is 0 Å². The third kappa shape index (κ3) is 14.2. The lowest BCUT2D eigenvalue weighted by Gasteiger charge is -2.17. The molecule has 3 aliphatic carbocycles. The van der Waals surface area contributed by atoms with Crippen LogP contribution in [0.5, 0.6) is 0 Å². The van der Waals surface area contributed by atoms with Gasteiger partial charge in [-0.2, -0.15) is 0 Å². The molecule has 0 heterocycles. The van der Waals surface area contributed by atoms with Crippen molar-refractivity contribution in [1.29, 1.82) is 0 Å². The lowest BCUT2D eigenvalue weighted by atomic mass is 9.89. The van der Waals surface area contributed by atoms with Crippen molar-refractivity contribution in [2.45, 2.75) is 159 Å². The molecule has 0 radical (unpaired) electrons. The first-order valence-electron chi connectivity index (χ1n) is 15.6. The van der Waals surface area contributed by atoms with Gasteiger partial charge in [0.1, 0.15) is 0 Å². The second-order valence-electron chi connectivity index (χ2n) is 13.9. The Morgan fingerprint density at radius 2 is 0.576 bits per heavy atom. The van der Waals surface area contributed by atoms with E-state index in [1.54, 1.807) is 0 Å². The van der Waals surface area contributed by atoms with E-state index in [1.165, 1.54) is 96.3 Å². The fraction of sp³-hybridized carbons (Fsp3) is 1.00. The third-order valence-corrected chi connectivity index (χ3v) is 9.73. The molecule has 0 N–H and O–H groups in total. The fourth-order valence-electron chi connectivity index (χ4n) is 6.55. The zero-order valence-electron chi connectivity index (χ0n) is 24.8. The topological polar surface area (TPSA) is 0 Å². The summed E-state index contributed by atoms with van der Waals surface area (Å²) < 4.78 is 0. The molecule has 0 amide bonds. The van der Waals surface area contributed by atoms with Gasteiger partial charge in [0.15, 0.2) is 0 Å². The molecule has 0 aromatic rings. The molecule has 0 aromatic heterocycles. The van der Waals surface area contributed by atoms with E-state index in [0.29, 0.717) is 0 Å². The summed E-state index contributed by atoms with van der Waals surface area (Å²) in [5.41, 5.74) is 0. The average Bonchev–Trinajstić information content (AvgIpc) is 3.20. The van der Waals surface area contributed by atoms with Crippen LogP contribution in [0, 0.1) is 53.3 Å². The summed E-state index contributed by atoms with van der Waals surface area (Å²) in [4.78, 5) is 0. The highest BCUT2D eigenvalue weighted by molar-refractivity contribution is 4.72. The molecule has 0 aliphatic heterocycles. The van der Waals surface area contributed by atoms with Crippen molar-refractivity contribution < 1.29 is 0 Å². The maximum Gasteiger partial charge on any atom is -0.0391 e. The molecular weight excluding hydrogens is 396 g/mol. The Morgan fingerprint density at radius 1 is 0.333 bits per heavy atom. The van der Waals surface area contributed by atoms with Crippen molar-refractivity contribution in [2.75, 3.05) is 0 Å². The molecule has 198 valence electrons. The molecule has 0 spiro atoms. The smallest absolute Gasteiger partial charge is 0.0391 e. The first kappa shape index (κ1) is 31.0. The summed E-state index contributed by atoms with van der Waals surface area (Å²) in [6, 6.07) is 0. The molecule has 3 fully saturated rings. The van der Waals surface area contributed by atoms with Gasteiger partial charge < -0.3 is 0 Å². The lowest BCUT2D eigenvalue weighted by molar-refractivity contribution is 0.338. The molecule has 0 nitrogen and oxygen atoms in total. The van der Waals surface area contributed by atoms with Crippen molar-refractivity contribution in [2.24, 2.45) is 53.3 Å². The van der Waals surface area contributed by atoms with E-state index in [9.17, 15) is 0 Å². The molecule has 0 saturated heterocycles. The zero-order valence-corrected chi connectivity index (χ0v) is 24.8. The van der Waals surface area contributed by atoms with Crippen LogP contribution in [0.15, 0.2) is 0 Å². The van der Waals surface area contributed by atoms with Crippen LogP contribution in [0.4, 0.5) is 0 Å². The molecule has 3 saturated carbocycles. The quantitative estimate of drug-likeness (QED) is 0.366. The summed E-state index contributed by atoms with van der Waals surface area (Å²) in [5.74, 6) is 8.83. The van der Waals surface area contributed by atoms with Gasteiger partial charge in [-0.1, -0.05) is 139 Å². The van der Waals surface area contributed by atoms with Gasteiger partial charge in [0, 0.05) is 0 Å². The molecule has 0 aromatic carbocycles. The van der Waals surface area contributed by atoms with Gasteiger partial charge >= 0.3 is 0 Å². The van der Waals surface area contributed by atoms with Gasteiger partial charge in [0.2, 0.25) is 0 Å². The van der Waals surface area contributed by atoms with Crippen LogP contribution in [-0.4, -0.2) is 0 Å². The fourth-order valence-corrected chi connectivity index (χ4v) is 6.55. The summed E-state index contributed by atoms with van der Waals surface area (Å²) in [6.07, 6.45) is 22.2. The Hall–Kier alpha value is 0. The van der Waals surface area contributed by atoms with Crippen LogP contribution in [0.2, 0.25) is 0 Å². The van der Waals surface area contributed by atoms with Crippen molar-refractivity contribution in [3.05, 3.63) is 0 Å². The molecule has 33 heavy (non-hydrogen) atoms. The van der Waals surface area contributed by atoms with Crippen LogP contribution in [0.3, 0.4) is 0 Å². The molecule has 6 atom stereocenters. The summed E-state index contributed by atoms with van der Waals surface area (Å²) in [7, 11) is 0. The highest BCUT2D eigenvalue weighted by atomic mass is 14.3. The van der Waals surface area contributed by atoms with Crippen LogP contribution in [0.1, 0.15) is 159 Å². The standard InChI is InChI=1S/3C11H22/c3*1-9(2)11-6-4-5-10(3)7-8-11/h3*9-11H,4-8H2,1-3H3/t10-,11+;2*10-,11-/m010/s1. The zero-order chi connectivity index (χ0) is 24.8. The van der Waals surface area contributed by atoms with E-state index in [0.717, 1.165) is 53.3 Å². The predicted molar refractivity (Wildman–Crippen MR) is 152 cm³/mol. The maximum atomic E-state index is 2.41. The summed E-state index contributed by atoms with van der Waals surface area (Å²) in [6.45, 7) is 21.5. The van der Waals surface area contributed by atoms with Crippen LogP contribution < -0.4 is 0 Å². The van der Waals surface area contributed by atoms with E-state index in [-0.39, 0.29) is 0 Å². The number of hydrogen-bond donors (Lipinski definition) is 0. The van der Waals surface area contributed by atoms with E-state index in [2.05, 4.69) is 62.3 Å². The van der Waals surface area contributed by atoms with E-state index in [4.69, 9.17) is 0 Å². The first-order valence-corrected chi connectivity index (χ1v) is 15.6. The predicted octanol–water partition coefficient (Wildman–Crippen LogP) is 11.6. The number of rotatable bonds is 3. The largest absolute Gasteiger partial charge is 0.0625 e. The maximum absolute atomic E-state index is 2.41. The molecular formula is C33H66. The minimum absolute atomic E-state index is 0.917. The van der Waals surface area contributed by atoms with E-state index < -0.39 is 0 Å². The lowest BCUT2D eigenvalue weighted by Crippen LogP contribution is -2.06. The molecule has 3 aliphatic rings. The minimum Gasteiger partial charge on any atom is -0.0625 e. The Kier molecular flexibility index (Phi) is 16.4. The Bertz CT molecular complexity index is 380. The van der Waals surface area contributed by atoms with Gasteiger partial charge in [-0.15, -0.1) is 0 Å². The highest BCUT2D eigenvalue weighted by Crippen LogP contribution is 2.33. The van der Waals surface area contributed by atoms with E-state index >= 15 is 0 Å². The van der Waals surface area contributed by atoms with Gasteiger partial charge in [-0.05, 0) is 72.5 Å². The minimum atomic E-state index is 0.917. The van der Waals surface area contributed by atoms with Gasteiger partial charge in [-0.3, -0.25) is 0 Å². The Morgan fingerprint density at radius 3 is 0.788 bits per heavy atom. The monoisotopic (exact) mass is 463 g/mol. The average molecular weight is 463 g/mol. The van der Waals surface area contributed by atoms with Crippen LogP contribution in [-0.2, 0) is 0 Å². The van der Waals surface area contributed by atoms with Gasteiger partial charge in [0.05, 0.1) is 0 Å². The SMILES string of the molecule is CC(C)[C@@H]1CCC[C@@H](C)CC1.CC(C)[C@@H]1CCC[C@H](C)CC1.CC(C)[C@H]1CCC[C@H](C)CC1. The summed E-state index contributed by atoms with van der Waals surface area (Å²) in [5, 5.41) is 0. The van der Waals surface area contributed by atoms with Crippen molar-refractivity contribution in [3.63, 3.8) is 0 Å². The van der Waals surface area contributed by atoms with Crippen molar-refractivity contribution >= 4 is 0 Å². The number of hydrogen-bond acceptors (Lipinski definition) is 0. The second kappa shape index (κ2) is 17.4. The van der Waals surface area contributed by atoms with Gasteiger partial charge in [0.25, 0.3) is 0 Å².